The van der Waals surface area contributed by atoms with Crippen LogP contribution in [-0.2, 0) is 13.0 Å². The van der Waals surface area contributed by atoms with Crippen LogP contribution in [0.5, 0.6) is 0 Å². The van der Waals surface area contributed by atoms with Crippen LogP contribution in [0.1, 0.15) is 35.3 Å². The van der Waals surface area contributed by atoms with E-state index in [0.717, 1.165) is 12.0 Å². The van der Waals surface area contributed by atoms with Gasteiger partial charge in [0.05, 0.1) is 0 Å². The second-order valence-electron chi connectivity index (χ2n) is 5.47. The first-order chi connectivity index (χ1) is 10.0. The number of pyridine rings is 1. The molecule has 0 saturated heterocycles. The number of carbonyl (C=O) groups excluding carboxylic acids is 1. The van der Waals surface area contributed by atoms with Gasteiger partial charge in [-0.05, 0) is 41.7 Å². The Bertz CT molecular complexity index is 591. The maximum Gasteiger partial charge on any atom is 0.251 e. The van der Waals surface area contributed by atoms with Crippen LogP contribution in [0.4, 0.5) is 0 Å². The van der Waals surface area contributed by atoms with Crippen molar-refractivity contribution in [3.8, 4) is 0 Å². The summed E-state index contributed by atoms with van der Waals surface area (Å²) in [5.74, 6) is 0.531. The van der Waals surface area contributed by atoms with E-state index in [0.29, 0.717) is 23.2 Å². The average molecular weight is 303 g/mol. The molecule has 1 aromatic carbocycles. The smallest absolute Gasteiger partial charge is 0.251 e. The highest BCUT2D eigenvalue weighted by atomic mass is 35.5. The predicted molar refractivity (Wildman–Crippen MR) is 85.4 cm³/mol. The summed E-state index contributed by atoms with van der Waals surface area (Å²) in [4.78, 5) is 16.0. The fourth-order valence-corrected chi connectivity index (χ4v) is 2.17. The Labute approximate surface area is 130 Å². The maximum absolute atomic E-state index is 12.1. The van der Waals surface area contributed by atoms with Crippen LogP contribution in [0, 0.1) is 5.92 Å². The first kappa shape index (κ1) is 15.5. The van der Waals surface area contributed by atoms with E-state index in [2.05, 4.69) is 24.1 Å². The van der Waals surface area contributed by atoms with E-state index in [-0.39, 0.29) is 5.91 Å². The maximum atomic E-state index is 12.1. The van der Waals surface area contributed by atoms with E-state index in [1.165, 1.54) is 5.56 Å². The van der Waals surface area contributed by atoms with Crippen LogP contribution in [-0.4, -0.2) is 10.9 Å². The molecule has 0 aliphatic carbocycles. The van der Waals surface area contributed by atoms with E-state index in [1.54, 1.807) is 12.3 Å². The van der Waals surface area contributed by atoms with Gasteiger partial charge in [0.2, 0.25) is 0 Å². The van der Waals surface area contributed by atoms with Gasteiger partial charge in [-0.25, -0.2) is 4.98 Å². The average Bonchev–Trinajstić information content (AvgIpc) is 2.46. The second-order valence-corrected chi connectivity index (χ2v) is 5.85. The summed E-state index contributed by atoms with van der Waals surface area (Å²) in [6.45, 7) is 4.80. The zero-order chi connectivity index (χ0) is 15.2. The molecule has 0 atom stereocenters. The van der Waals surface area contributed by atoms with Crippen molar-refractivity contribution >= 4 is 17.5 Å². The van der Waals surface area contributed by atoms with Crippen LogP contribution in [0.25, 0.3) is 0 Å². The molecule has 110 valence electrons. The molecule has 2 aromatic rings. The summed E-state index contributed by atoms with van der Waals surface area (Å²) in [5, 5.41) is 3.32. The zero-order valence-electron chi connectivity index (χ0n) is 12.3. The van der Waals surface area contributed by atoms with Crippen molar-refractivity contribution in [2.75, 3.05) is 0 Å². The Hall–Kier alpha value is -1.87. The van der Waals surface area contributed by atoms with Gasteiger partial charge in [0, 0.05) is 18.3 Å². The Morgan fingerprint density at radius 3 is 2.38 bits per heavy atom. The van der Waals surface area contributed by atoms with Crippen molar-refractivity contribution < 1.29 is 4.79 Å². The van der Waals surface area contributed by atoms with Crippen LogP contribution < -0.4 is 5.32 Å². The predicted octanol–water partition coefficient (Wildman–Crippen LogP) is 3.86. The Balaban J connectivity index is 1.92. The molecular formula is C17H19ClN2O. The molecule has 1 N–H and O–H groups in total. The third-order valence-electron chi connectivity index (χ3n) is 3.10. The number of hydrogen-bond donors (Lipinski definition) is 1. The van der Waals surface area contributed by atoms with Crippen LogP contribution in [0.15, 0.2) is 42.6 Å². The van der Waals surface area contributed by atoms with Gasteiger partial charge in [-0.1, -0.05) is 43.6 Å². The molecule has 0 bridgehead atoms. The molecule has 0 spiro atoms. The fourth-order valence-electron chi connectivity index (χ4n) is 2.06. The van der Waals surface area contributed by atoms with Gasteiger partial charge in [-0.15, -0.1) is 0 Å². The summed E-state index contributed by atoms with van der Waals surface area (Å²) in [6, 6.07) is 11.3. The molecule has 1 aromatic heterocycles. The third-order valence-corrected chi connectivity index (χ3v) is 3.33. The molecule has 0 radical (unpaired) electrons. The third kappa shape index (κ3) is 4.87. The molecule has 0 fully saturated rings. The summed E-state index contributed by atoms with van der Waals surface area (Å²) in [6.07, 6.45) is 2.69. The van der Waals surface area contributed by atoms with Gasteiger partial charge in [0.25, 0.3) is 5.91 Å². The van der Waals surface area contributed by atoms with Crippen molar-refractivity contribution in [1.82, 2.24) is 10.3 Å². The summed E-state index contributed by atoms with van der Waals surface area (Å²) in [7, 11) is 0. The molecule has 0 unspecified atom stereocenters. The molecule has 3 nitrogen and oxygen atoms in total. The SMILES string of the molecule is CC(C)Cc1ccc(C(=O)NCc2ccc(Cl)nc2)cc1. The molecule has 0 aliphatic heterocycles. The molecule has 0 aliphatic rings. The molecule has 21 heavy (non-hydrogen) atoms. The van der Waals surface area contributed by atoms with E-state index >= 15 is 0 Å². The van der Waals surface area contributed by atoms with Gasteiger partial charge >= 0.3 is 0 Å². The quantitative estimate of drug-likeness (QED) is 0.852. The van der Waals surface area contributed by atoms with Crippen molar-refractivity contribution in [2.45, 2.75) is 26.8 Å². The minimum Gasteiger partial charge on any atom is -0.348 e. The highest BCUT2D eigenvalue weighted by Gasteiger charge is 2.06. The number of amides is 1. The van der Waals surface area contributed by atoms with Gasteiger partial charge < -0.3 is 5.32 Å². The number of hydrogen-bond acceptors (Lipinski definition) is 2. The Morgan fingerprint density at radius 2 is 1.81 bits per heavy atom. The zero-order valence-corrected chi connectivity index (χ0v) is 13.0. The Kier molecular flexibility index (Phi) is 5.34. The van der Waals surface area contributed by atoms with Crippen LogP contribution in [0.2, 0.25) is 5.15 Å². The topological polar surface area (TPSA) is 42.0 Å². The van der Waals surface area contributed by atoms with E-state index < -0.39 is 0 Å². The lowest BCUT2D eigenvalue weighted by atomic mass is 10.0. The number of benzene rings is 1. The number of rotatable bonds is 5. The van der Waals surface area contributed by atoms with Crippen LogP contribution in [0.3, 0.4) is 0 Å². The minimum absolute atomic E-state index is 0.0824. The van der Waals surface area contributed by atoms with Gasteiger partial charge in [-0.2, -0.15) is 0 Å². The minimum atomic E-state index is -0.0824. The second kappa shape index (κ2) is 7.23. The highest BCUT2D eigenvalue weighted by Crippen LogP contribution is 2.10. The van der Waals surface area contributed by atoms with Gasteiger partial charge in [-0.3, -0.25) is 4.79 Å². The number of nitrogens with zero attached hydrogens (tertiary/aromatic N) is 1. The lowest BCUT2D eigenvalue weighted by Crippen LogP contribution is -2.22. The molecule has 0 saturated carbocycles. The van der Waals surface area contributed by atoms with Gasteiger partial charge in [0.1, 0.15) is 5.15 Å². The number of aromatic nitrogens is 1. The van der Waals surface area contributed by atoms with E-state index in [9.17, 15) is 4.79 Å². The summed E-state index contributed by atoms with van der Waals surface area (Å²) < 4.78 is 0. The molecular weight excluding hydrogens is 284 g/mol. The summed E-state index contributed by atoms with van der Waals surface area (Å²) >= 11 is 5.72. The normalized spacial score (nSPS) is 10.7. The first-order valence-electron chi connectivity index (χ1n) is 7.02. The molecule has 2 rings (SSSR count). The number of carbonyl (C=O) groups is 1. The fraction of sp³-hybridized carbons (Fsp3) is 0.294. The molecule has 1 amide bonds. The number of halogens is 1. The van der Waals surface area contributed by atoms with Crippen LogP contribution >= 0.6 is 11.6 Å². The van der Waals surface area contributed by atoms with Crippen molar-refractivity contribution in [3.63, 3.8) is 0 Å². The van der Waals surface area contributed by atoms with E-state index in [1.807, 2.05) is 30.3 Å². The number of nitrogens with one attached hydrogen (secondary N) is 1. The van der Waals surface area contributed by atoms with Crippen molar-refractivity contribution in [3.05, 3.63) is 64.4 Å². The lowest BCUT2D eigenvalue weighted by molar-refractivity contribution is 0.0951. The summed E-state index contributed by atoms with van der Waals surface area (Å²) in [5.41, 5.74) is 2.84. The monoisotopic (exact) mass is 302 g/mol. The lowest BCUT2D eigenvalue weighted by Gasteiger charge is -2.07. The Morgan fingerprint density at radius 1 is 1.14 bits per heavy atom. The van der Waals surface area contributed by atoms with Crippen molar-refractivity contribution in [2.24, 2.45) is 5.92 Å². The highest BCUT2D eigenvalue weighted by molar-refractivity contribution is 6.29. The van der Waals surface area contributed by atoms with Crippen molar-refractivity contribution in [1.29, 1.82) is 0 Å². The van der Waals surface area contributed by atoms with E-state index in [4.69, 9.17) is 11.6 Å². The standard InChI is InChI=1S/C17H19ClN2O/c1-12(2)9-13-3-6-15(7-4-13)17(21)20-11-14-5-8-16(18)19-10-14/h3-8,10,12H,9,11H2,1-2H3,(H,20,21). The molecule has 4 heteroatoms. The first-order valence-corrected chi connectivity index (χ1v) is 7.40. The van der Waals surface area contributed by atoms with Gasteiger partial charge in [0.15, 0.2) is 0 Å². The largest absolute Gasteiger partial charge is 0.348 e. The molecule has 1 heterocycles.